The lowest BCUT2D eigenvalue weighted by molar-refractivity contribution is -0.402. The summed E-state index contributed by atoms with van der Waals surface area (Å²) in [4.78, 5) is 22.5. The van der Waals surface area contributed by atoms with Crippen molar-refractivity contribution in [3.63, 3.8) is 0 Å². The van der Waals surface area contributed by atoms with Crippen molar-refractivity contribution in [3.8, 4) is 0 Å². The van der Waals surface area contributed by atoms with Crippen LogP contribution in [0.15, 0.2) is 77.2 Å². The third kappa shape index (κ3) is 4.11. The van der Waals surface area contributed by atoms with Gasteiger partial charge in [-0.05, 0) is 23.6 Å². The van der Waals surface area contributed by atoms with E-state index in [-0.39, 0.29) is 11.8 Å². The van der Waals surface area contributed by atoms with Crippen molar-refractivity contribution in [2.24, 2.45) is 0 Å². The highest BCUT2D eigenvalue weighted by Crippen LogP contribution is 2.21. The zero-order chi connectivity index (χ0) is 17.6. The summed E-state index contributed by atoms with van der Waals surface area (Å²) < 4.78 is 4.98. The Hall–Kier alpha value is -3.41. The van der Waals surface area contributed by atoms with Crippen LogP contribution in [0.25, 0.3) is 0 Å². The number of benzene rings is 2. The second-order valence-electron chi connectivity index (χ2n) is 5.52. The Morgan fingerprint density at radius 3 is 2.24 bits per heavy atom. The van der Waals surface area contributed by atoms with E-state index >= 15 is 0 Å². The molecule has 3 rings (SSSR count). The topological polar surface area (TPSA) is 85.4 Å². The number of rotatable bonds is 6. The first-order valence-electron chi connectivity index (χ1n) is 7.77. The molecule has 25 heavy (non-hydrogen) atoms. The molecule has 0 unspecified atom stereocenters. The molecule has 0 radical (unpaired) electrons. The van der Waals surface area contributed by atoms with Crippen LogP contribution in [0.1, 0.15) is 27.7 Å². The molecular formula is C19H16N2O4. The van der Waals surface area contributed by atoms with E-state index in [0.717, 1.165) is 11.1 Å². The number of furan rings is 1. The van der Waals surface area contributed by atoms with E-state index in [1.807, 2.05) is 60.7 Å². The maximum absolute atomic E-state index is 12.4. The second kappa shape index (κ2) is 7.44. The zero-order valence-electron chi connectivity index (χ0n) is 13.3. The van der Waals surface area contributed by atoms with Gasteiger partial charge in [-0.1, -0.05) is 60.7 Å². The molecule has 3 aromatic rings. The molecule has 0 saturated heterocycles. The molecule has 6 nitrogen and oxygen atoms in total. The van der Waals surface area contributed by atoms with E-state index in [0.29, 0.717) is 6.42 Å². The minimum atomic E-state index is -0.671. The maximum Gasteiger partial charge on any atom is 0.433 e. The molecule has 1 amide bonds. The van der Waals surface area contributed by atoms with Gasteiger partial charge in [-0.2, -0.15) is 0 Å². The lowest BCUT2D eigenvalue weighted by Crippen LogP contribution is -2.29. The molecule has 1 aromatic heterocycles. The van der Waals surface area contributed by atoms with Gasteiger partial charge in [0.1, 0.15) is 4.92 Å². The van der Waals surface area contributed by atoms with Gasteiger partial charge in [-0.15, -0.1) is 0 Å². The fraction of sp³-hybridized carbons (Fsp3) is 0.105. The smallest absolute Gasteiger partial charge is 0.395 e. The fourth-order valence-electron chi connectivity index (χ4n) is 2.56. The molecule has 1 N–H and O–H groups in total. The number of carbonyl (C=O) groups excluding carboxylic acids is 1. The second-order valence-corrected chi connectivity index (χ2v) is 5.52. The Morgan fingerprint density at radius 2 is 1.64 bits per heavy atom. The van der Waals surface area contributed by atoms with Crippen molar-refractivity contribution in [3.05, 3.63) is 99.8 Å². The summed E-state index contributed by atoms with van der Waals surface area (Å²) in [6.45, 7) is 0. The van der Waals surface area contributed by atoms with Crippen molar-refractivity contribution in [2.45, 2.75) is 12.5 Å². The molecule has 0 spiro atoms. The number of hydrogen-bond donors (Lipinski definition) is 1. The lowest BCUT2D eigenvalue weighted by Gasteiger charge is -2.19. The average Bonchev–Trinajstić information content (AvgIpc) is 3.13. The highest BCUT2D eigenvalue weighted by molar-refractivity contribution is 5.92. The molecule has 0 fully saturated rings. The highest BCUT2D eigenvalue weighted by Gasteiger charge is 2.21. The molecule has 6 heteroatoms. The van der Waals surface area contributed by atoms with E-state index in [1.165, 1.54) is 12.1 Å². The van der Waals surface area contributed by atoms with Gasteiger partial charge in [0.2, 0.25) is 0 Å². The van der Waals surface area contributed by atoms with Crippen LogP contribution in [-0.4, -0.2) is 10.8 Å². The number of nitrogens with one attached hydrogen (secondary N) is 1. The lowest BCUT2D eigenvalue weighted by atomic mass is 9.99. The largest absolute Gasteiger partial charge is 0.433 e. The molecule has 0 bridgehead atoms. The van der Waals surface area contributed by atoms with Gasteiger partial charge in [0.25, 0.3) is 5.91 Å². The van der Waals surface area contributed by atoms with Gasteiger partial charge < -0.3 is 9.73 Å². The van der Waals surface area contributed by atoms with Gasteiger partial charge in [-0.3, -0.25) is 14.9 Å². The van der Waals surface area contributed by atoms with Crippen LogP contribution < -0.4 is 5.32 Å². The van der Waals surface area contributed by atoms with Gasteiger partial charge in [0.15, 0.2) is 5.76 Å². The molecule has 1 heterocycles. The van der Waals surface area contributed by atoms with E-state index in [2.05, 4.69) is 5.32 Å². The molecule has 0 aliphatic carbocycles. The first kappa shape index (κ1) is 16.4. The Labute approximate surface area is 144 Å². The summed E-state index contributed by atoms with van der Waals surface area (Å²) in [5, 5.41) is 13.6. The summed E-state index contributed by atoms with van der Waals surface area (Å²) in [5.41, 5.74) is 2.02. The fourth-order valence-corrected chi connectivity index (χ4v) is 2.56. The van der Waals surface area contributed by atoms with Crippen LogP contribution in [-0.2, 0) is 6.42 Å². The van der Waals surface area contributed by atoms with Crippen molar-refractivity contribution < 1.29 is 14.1 Å². The van der Waals surface area contributed by atoms with Gasteiger partial charge in [0.05, 0.1) is 12.1 Å². The van der Waals surface area contributed by atoms with Crippen LogP contribution in [0.4, 0.5) is 5.88 Å². The van der Waals surface area contributed by atoms with Crippen LogP contribution in [0.3, 0.4) is 0 Å². The Morgan fingerprint density at radius 1 is 1.00 bits per heavy atom. The maximum atomic E-state index is 12.4. The monoisotopic (exact) mass is 336 g/mol. The molecule has 1 atom stereocenters. The summed E-state index contributed by atoms with van der Waals surface area (Å²) in [6.07, 6.45) is 0.597. The van der Waals surface area contributed by atoms with Crippen molar-refractivity contribution >= 4 is 11.8 Å². The number of nitrogens with zero attached hydrogens (tertiary/aromatic N) is 1. The average molecular weight is 336 g/mol. The predicted molar refractivity (Wildman–Crippen MR) is 92.2 cm³/mol. The quantitative estimate of drug-likeness (QED) is 0.546. The first-order chi connectivity index (χ1) is 12.1. The van der Waals surface area contributed by atoms with E-state index < -0.39 is 16.7 Å². The third-order valence-corrected chi connectivity index (χ3v) is 3.79. The SMILES string of the molecule is O=C(N[C@@H](Cc1ccccc1)c1ccccc1)c1ccc([N+](=O)[O-])o1. The van der Waals surface area contributed by atoms with Gasteiger partial charge >= 0.3 is 5.88 Å². The molecule has 126 valence electrons. The zero-order valence-corrected chi connectivity index (χ0v) is 13.3. The minimum Gasteiger partial charge on any atom is -0.395 e. The first-order valence-corrected chi connectivity index (χ1v) is 7.77. The van der Waals surface area contributed by atoms with Gasteiger partial charge in [-0.25, -0.2) is 0 Å². The Kier molecular flexibility index (Phi) is 4.89. The third-order valence-electron chi connectivity index (χ3n) is 3.79. The number of nitro groups is 1. The molecule has 0 saturated carbocycles. The standard InChI is InChI=1S/C19H16N2O4/c22-19(17-11-12-18(25-17)21(23)24)20-16(15-9-5-2-6-10-15)13-14-7-3-1-4-8-14/h1-12,16H,13H2,(H,20,22)/t16-/m0/s1. The van der Waals surface area contributed by atoms with E-state index in [1.54, 1.807) is 0 Å². The van der Waals surface area contributed by atoms with Crippen molar-refractivity contribution in [2.75, 3.05) is 0 Å². The van der Waals surface area contributed by atoms with Crippen LogP contribution >= 0.6 is 0 Å². The minimum absolute atomic E-state index is 0.0827. The normalized spacial score (nSPS) is 11.7. The van der Waals surface area contributed by atoms with E-state index in [4.69, 9.17) is 4.42 Å². The Bertz CT molecular complexity index is 859. The molecule has 0 aliphatic heterocycles. The number of amides is 1. The summed E-state index contributed by atoms with van der Waals surface area (Å²) >= 11 is 0. The van der Waals surface area contributed by atoms with Crippen molar-refractivity contribution in [1.29, 1.82) is 0 Å². The predicted octanol–water partition coefficient (Wildman–Crippen LogP) is 3.90. The summed E-state index contributed by atoms with van der Waals surface area (Å²) in [6, 6.07) is 21.5. The van der Waals surface area contributed by atoms with Crippen LogP contribution in [0, 0.1) is 10.1 Å². The van der Waals surface area contributed by atoms with Crippen molar-refractivity contribution in [1.82, 2.24) is 5.32 Å². The van der Waals surface area contributed by atoms with Gasteiger partial charge in [0, 0.05) is 0 Å². The van der Waals surface area contributed by atoms with E-state index in [9.17, 15) is 14.9 Å². The number of carbonyl (C=O) groups is 1. The highest BCUT2D eigenvalue weighted by atomic mass is 16.6. The molecule has 0 aliphatic rings. The number of hydrogen-bond acceptors (Lipinski definition) is 4. The molecular weight excluding hydrogens is 320 g/mol. The summed E-state index contributed by atoms with van der Waals surface area (Å²) in [7, 11) is 0. The molecule has 2 aromatic carbocycles. The Balaban J connectivity index is 1.81. The van der Waals surface area contributed by atoms with Crippen LogP contribution in [0.2, 0.25) is 0 Å². The summed E-state index contributed by atoms with van der Waals surface area (Å²) in [5.74, 6) is -1.02. The van der Waals surface area contributed by atoms with Crippen LogP contribution in [0.5, 0.6) is 0 Å².